The lowest BCUT2D eigenvalue weighted by Gasteiger charge is -2.10. The van der Waals surface area contributed by atoms with Crippen LogP contribution in [0.15, 0.2) is 48.5 Å². The quantitative estimate of drug-likeness (QED) is 0.587. The third kappa shape index (κ3) is 3.45. The van der Waals surface area contributed by atoms with E-state index in [0.29, 0.717) is 0 Å². The summed E-state index contributed by atoms with van der Waals surface area (Å²) in [5, 5.41) is 1.35. The van der Waals surface area contributed by atoms with E-state index in [2.05, 4.69) is 56.3 Å². The summed E-state index contributed by atoms with van der Waals surface area (Å²) in [5.41, 5.74) is 3.97. The Morgan fingerprint density at radius 1 is 0.941 bits per heavy atom. The van der Waals surface area contributed by atoms with Crippen LogP contribution in [-0.4, -0.2) is 8.11 Å². The van der Waals surface area contributed by atoms with Crippen LogP contribution in [0.1, 0.15) is 16.7 Å². The summed E-state index contributed by atoms with van der Waals surface area (Å²) >= 11 is 6.62. The summed E-state index contributed by atoms with van der Waals surface area (Å²) in [6.07, 6.45) is 0. The van der Waals surface area contributed by atoms with Gasteiger partial charge in [-0.15, -0.1) is 0 Å². The molecule has 2 heteroatoms. The molecule has 2 aromatic rings. The average molecular weight is 261 g/mol. The Bertz CT molecular complexity index is 473. The van der Waals surface area contributed by atoms with Gasteiger partial charge >= 0.3 is 0 Å². The van der Waals surface area contributed by atoms with Crippen LogP contribution in [0.25, 0.3) is 0 Å². The second kappa shape index (κ2) is 5.52. The van der Waals surface area contributed by atoms with Gasteiger partial charge < -0.3 is 0 Å². The van der Waals surface area contributed by atoms with E-state index in [9.17, 15) is 0 Å². The van der Waals surface area contributed by atoms with Gasteiger partial charge in [-0.1, -0.05) is 59.7 Å². The average Bonchev–Trinajstić information content (AvgIpc) is 2.29. The molecule has 0 heterocycles. The maximum Gasteiger partial charge on any atom is 0.175 e. The maximum atomic E-state index is 6.62. The topological polar surface area (TPSA) is 0 Å². The van der Waals surface area contributed by atoms with Crippen LogP contribution in [0.5, 0.6) is 0 Å². The minimum atomic E-state index is -1.37. The van der Waals surface area contributed by atoms with Gasteiger partial charge in [-0.2, -0.15) is 11.1 Å². The third-order valence-corrected chi connectivity index (χ3v) is 5.97. The zero-order chi connectivity index (χ0) is 12.3. The smallest absolute Gasteiger partial charge is 0.165 e. The number of benzene rings is 2. The molecule has 17 heavy (non-hydrogen) atoms. The SMILES string of the molecule is Cc1cc(C)cc([SiH](Cl)Cc2ccccc2)c1. The normalized spacial score (nSPS) is 12.4. The van der Waals surface area contributed by atoms with E-state index in [-0.39, 0.29) is 0 Å². The first-order chi connectivity index (χ1) is 8.15. The van der Waals surface area contributed by atoms with Gasteiger partial charge in [0.2, 0.25) is 0 Å². The van der Waals surface area contributed by atoms with Crippen molar-refractivity contribution in [3.63, 3.8) is 0 Å². The summed E-state index contributed by atoms with van der Waals surface area (Å²) in [7, 11) is -1.37. The molecule has 0 aromatic heterocycles. The molecular weight excluding hydrogens is 244 g/mol. The number of hydrogen-bond acceptors (Lipinski definition) is 0. The first-order valence-corrected chi connectivity index (χ1v) is 9.05. The van der Waals surface area contributed by atoms with E-state index in [1.54, 1.807) is 0 Å². The molecule has 0 aliphatic carbocycles. The fraction of sp³-hybridized carbons (Fsp3) is 0.200. The van der Waals surface area contributed by atoms with Crippen LogP contribution in [0.2, 0.25) is 0 Å². The van der Waals surface area contributed by atoms with Crippen LogP contribution in [0.3, 0.4) is 0 Å². The Labute approximate surface area is 110 Å². The highest BCUT2D eigenvalue weighted by Crippen LogP contribution is 2.08. The molecule has 1 unspecified atom stereocenters. The minimum absolute atomic E-state index is 1.02. The van der Waals surface area contributed by atoms with Gasteiger partial charge in [0.15, 0.2) is 8.11 Å². The highest BCUT2D eigenvalue weighted by molar-refractivity contribution is 7.13. The van der Waals surface area contributed by atoms with Gasteiger partial charge in [0.1, 0.15) is 0 Å². The molecule has 88 valence electrons. The molecule has 0 bridgehead atoms. The summed E-state index contributed by atoms with van der Waals surface area (Å²) in [6, 6.07) is 18.2. The molecule has 0 aliphatic rings. The molecule has 0 nitrogen and oxygen atoms in total. The van der Waals surface area contributed by atoms with Crippen LogP contribution in [-0.2, 0) is 6.04 Å². The molecule has 0 radical (unpaired) electrons. The Morgan fingerprint density at radius 2 is 1.53 bits per heavy atom. The number of aryl methyl sites for hydroxylation is 2. The van der Waals surface area contributed by atoms with Crippen LogP contribution in [0.4, 0.5) is 0 Å². The Balaban J connectivity index is 2.17. The first-order valence-electron chi connectivity index (χ1n) is 5.91. The summed E-state index contributed by atoms with van der Waals surface area (Å²) in [4.78, 5) is 0. The van der Waals surface area contributed by atoms with E-state index in [4.69, 9.17) is 11.1 Å². The molecule has 0 amide bonds. The fourth-order valence-electron chi connectivity index (χ4n) is 2.13. The van der Waals surface area contributed by atoms with Gasteiger partial charge in [-0.25, -0.2) is 0 Å². The molecule has 0 N–H and O–H groups in total. The zero-order valence-corrected chi connectivity index (χ0v) is 12.2. The number of hydrogen-bond donors (Lipinski definition) is 0. The molecule has 1 atom stereocenters. The lowest BCUT2D eigenvalue weighted by Crippen LogP contribution is -2.27. The van der Waals surface area contributed by atoms with Crippen molar-refractivity contribution in [2.24, 2.45) is 0 Å². The zero-order valence-electron chi connectivity index (χ0n) is 10.3. The lowest BCUT2D eigenvalue weighted by atomic mass is 10.2. The van der Waals surface area contributed by atoms with Crippen molar-refractivity contribution in [2.45, 2.75) is 19.9 Å². The largest absolute Gasteiger partial charge is 0.175 e. The molecule has 0 spiro atoms. The van der Waals surface area contributed by atoms with Crippen molar-refractivity contribution in [1.29, 1.82) is 0 Å². The molecule has 0 fully saturated rings. The minimum Gasteiger partial charge on any atom is -0.165 e. The Morgan fingerprint density at radius 3 is 2.12 bits per heavy atom. The van der Waals surface area contributed by atoms with E-state index in [0.717, 1.165) is 6.04 Å². The van der Waals surface area contributed by atoms with Crippen LogP contribution >= 0.6 is 11.1 Å². The van der Waals surface area contributed by atoms with Gasteiger partial charge in [0, 0.05) is 0 Å². The molecule has 0 saturated carbocycles. The molecule has 2 aromatic carbocycles. The van der Waals surface area contributed by atoms with Crippen molar-refractivity contribution < 1.29 is 0 Å². The predicted molar refractivity (Wildman–Crippen MR) is 78.7 cm³/mol. The highest BCUT2D eigenvalue weighted by atomic mass is 35.6. The molecular formula is C15H17ClSi. The van der Waals surface area contributed by atoms with E-state index < -0.39 is 8.11 Å². The van der Waals surface area contributed by atoms with Crippen molar-refractivity contribution in [3.05, 3.63) is 65.2 Å². The second-order valence-corrected chi connectivity index (χ2v) is 8.17. The van der Waals surface area contributed by atoms with E-state index in [1.807, 2.05) is 6.07 Å². The number of halogens is 1. The predicted octanol–water partition coefficient (Wildman–Crippen LogP) is 3.25. The highest BCUT2D eigenvalue weighted by Gasteiger charge is 2.11. The Kier molecular flexibility index (Phi) is 4.03. The van der Waals surface area contributed by atoms with Crippen molar-refractivity contribution in [2.75, 3.05) is 0 Å². The number of rotatable bonds is 3. The van der Waals surface area contributed by atoms with Crippen molar-refractivity contribution in [1.82, 2.24) is 0 Å². The van der Waals surface area contributed by atoms with Gasteiger partial charge in [0.25, 0.3) is 0 Å². The summed E-state index contributed by atoms with van der Waals surface area (Å²) in [6.45, 7) is 4.27. The molecule has 2 rings (SSSR count). The van der Waals surface area contributed by atoms with Gasteiger partial charge in [-0.3, -0.25) is 0 Å². The second-order valence-electron chi connectivity index (χ2n) is 4.58. The Hall–Kier alpha value is -1.05. The molecule has 0 saturated heterocycles. The monoisotopic (exact) mass is 260 g/mol. The van der Waals surface area contributed by atoms with Gasteiger partial charge in [-0.05, 0) is 30.6 Å². The first kappa shape index (κ1) is 12.4. The van der Waals surface area contributed by atoms with E-state index in [1.165, 1.54) is 21.9 Å². The van der Waals surface area contributed by atoms with E-state index >= 15 is 0 Å². The lowest BCUT2D eigenvalue weighted by molar-refractivity contribution is 1.37. The molecule has 0 aliphatic heterocycles. The van der Waals surface area contributed by atoms with Crippen molar-refractivity contribution >= 4 is 24.4 Å². The van der Waals surface area contributed by atoms with Gasteiger partial charge in [0.05, 0.1) is 0 Å². The fourth-order valence-corrected chi connectivity index (χ4v) is 4.85. The third-order valence-electron chi connectivity index (χ3n) is 2.86. The standard InChI is InChI=1S/C15H17ClSi/c1-12-8-13(2)10-15(9-12)17(16)11-14-6-4-3-5-7-14/h3-10,17H,11H2,1-2H3. The van der Waals surface area contributed by atoms with Crippen LogP contribution in [0, 0.1) is 13.8 Å². The maximum absolute atomic E-state index is 6.62. The summed E-state index contributed by atoms with van der Waals surface area (Å²) in [5.74, 6) is 0. The van der Waals surface area contributed by atoms with Crippen LogP contribution < -0.4 is 5.19 Å². The van der Waals surface area contributed by atoms with Crippen molar-refractivity contribution in [3.8, 4) is 0 Å². The summed E-state index contributed by atoms with van der Waals surface area (Å²) < 4.78 is 0.